The van der Waals surface area contributed by atoms with Gasteiger partial charge in [0.2, 0.25) is 0 Å². The molecule has 0 saturated heterocycles. The van der Waals surface area contributed by atoms with Gasteiger partial charge in [-0.3, -0.25) is 0 Å². The van der Waals surface area contributed by atoms with Crippen molar-refractivity contribution in [3.63, 3.8) is 0 Å². The van der Waals surface area contributed by atoms with Crippen LogP contribution in [0, 0.1) is 0 Å². The molecule has 17 heavy (non-hydrogen) atoms. The molecule has 0 saturated carbocycles. The van der Waals surface area contributed by atoms with Gasteiger partial charge in [0.15, 0.2) is 0 Å². The summed E-state index contributed by atoms with van der Waals surface area (Å²) in [6.45, 7) is 10.8. The summed E-state index contributed by atoms with van der Waals surface area (Å²) in [7, 11) is 1.66. The molecule has 0 aromatic rings. The lowest BCUT2D eigenvalue weighted by molar-refractivity contribution is -0.108. The Morgan fingerprint density at radius 2 is 1.71 bits per heavy atom. The number of unbranched alkanes of at least 4 members (excludes halogenated alkanes) is 5. The van der Waals surface area contributed by atoms with E-state index in [1.54, 1.807) is 7.11 Å². The molecule has 0 rings (SSSR count). The Kier molecular flexibility index (Phi) is 9.47. The number of methoxy groups -OCH3 is 1. The Morgan fingerprint density at radius 3 is 2.24 bits per heavy atom. The molecule has 0 aliphatic heterocycles. The summed E-state index contributed by atoms with van der Waals surface area (Å²) < 4.78 is 10.7. The molecule has 0 bridgehead atoms. The van der Waals surface area contributed by atoms with Crippen LogP contribution in [-0.4, -0.2) is 19.5 Å². The summed E-state index contributed by atoms with van der Waals surface area (Å²) in [5.74, 6) is 0. The van der Waals surface area contributed by atoms with Crippen molar-refractivity contribution in [2.75, 3.05) is 13.9 Å². The molecule has 0 fully saturated rings. The molecule has 0 N–H and O–H groups in total. The Labute approximate surface area is 107 Å². The highest BCUT2D eigenvalue weighted by molar-refractivity contribution is 5.07. The lowest BCUT2D eigenvalue weighted by Gasteiger charge is -2.30. The van der Waals surface area contributed by atoms with Crippen molar-refractivity contribution in [1.82, 2.24) is 0 Å². The molecule has 0 spiro atoms. The zero-order valence-electron chi connectivity index (χ0n) is 12.2. The van der Waals surface area contributed by atoms with Crippen molar-refractivity contribution >= 4 is 0 Å². The molecule has 0 heterocycles. The first-order chi connectivity index (χ1) is 8.06. The molecule has 0 radical (unpaired) electrons. The average molecular weight is 242 g/mol. The molecule has 0 aromatic heterocycles. The largest absolute Gasteiger partial charge is 0.359 e. The number of rotatable bonds is 11. The molecule has 102 valence electrons. The molecule has 2 nitrogen and oxygen atoms in total. The van der Waals surface area contributed by atoms with Gasteiger partial charge in [0.1, 0.15) is 6.79 Å². The summed E-state index contributed by atoms with van der Waals surface area (Å²) in [4.78, 5) is 0. The van der Waals surface area contributed by atoms with E-state index in [-0.39, 0.29) is 5.60 Å². The minimum Gasteiger partial charge on any atom is -0.359 e. The fourth-order valence-corrected chi connectivity index (χ4v) is 1.84. The highest BCUT2D eigenvalue weighted by Gasteiger charge is 2.25. The normalized spacial score (nSPS) is 14.6. The predicted octanol–water partition coefficient (Wildman–Crippen LogP) is 4.69. The first-order valence-electron chi connectivity index (χ1n) is 6.85. The van der Waals surface area contributed by atoms with Crippen molar-refractivity contribution in [2.24, 2.45) is 0 Å². The summed E-state index contributed by atoms with van der Waals surface area (Å²) >= 11 is 0. The fraction of sp³-hybridized carbons (Fsp3) is 0.867. The molecule has 1 unspecified atom stereocenters. The Balaban J connectivity index is 3.81. The second kappa shape index (κ2) is 9.67. The standard InChI is InChI=1S/C15H30O2/c1-6-7-8-9-10-11-12-15(4,14(2)3)17-13-16-5/h2,6-13H2,1,3-5H3. The SMILES string of the molecule is C=C(C)C(C)(CCCCCCCC)OCOC. The first kappa shape index (κ1) is 16.7. The lowest BCUT2D eigenvalue weighted by atomic mass is 9.91. The van der Waals surface area contributed by atoms with E-state index in [1.807, 2.05) is 6.92 Å². The van der Waals surface area contributed by atoms with Crippen LogP contribution >= 0.6 is 0 Å². The molecular formula is C15H30O2. The van der Waals surface area contributed by atoms with Gasteiger partial charge in [-0.15, -0.1) is 0 Å². The quantitative estimate of drug-likeness (QED) is 0.297. The lowest BCUT2D eigenvalue weighted by Crippen LogP contribution is -2.30. The van der Waals surface area contributed by atoms with Crippen molar-refractivity contribution in [2.45, 2.75) is 71.3 Å². The van der Waals surface area contributed by atoms with E-state index in [0.29, 0.717) is 6.79 Å². The van der Waals surface area contributed by atoms with E-state index in [0.717, 1.165) is 12.0 Å². The maximum absolute atomic E-state index is 5.75. The Hall–Kier alpha value is -0.340. The van der Waals surface area contributed by atoms with Crippen LogP contribution in [0.3, 0.4) is 0 Å². The van der Waals surface area contributed by atoms with Crippen molar-refractivity contribution in [3.05, 3.63) is 12.2 Å². The van der Waals surface area contributed by atoms with E-state index in [2.05, 4.69) is 20.4 Å². The number of ether oxygens (including phenoxy) is 2. The van der Waals surface area contributed by atoms with Crippen molar-refractivity contribution < 1.29 is 9.47 Å². The van der Waals surface area contributed by atoms with Gasteiger partial charge in [-0.2, -0.15) is 0 Å². The molecule has 0 aliphatic carbocycles. The van der Waals surface area contributed by atoms with Crippen LogP contribution in [0.4, 0.5) is 0 Å². The zero-order valence-corrected chi connectivity index (χ0v) is 12.2. The molecule has 2 heteroatoms. The second-order valence-electron chi connectivity index (χ2n) is 5.08. The molecular weight excluding hydrogens is 212 g/mol. The monoisotopic (exact) mass is 242 g/mol. The van der Waals surface area contributed by atoms with Crippen LogP contribution in [0.2, 0.25) is 0 Å². The van der Waals surface area contributed by atoms with Gasteiger partial charge in [0.25, 0.3) is 0 Å². The summed E-state index contributed by atoms with van der Waals surface area (Å²) in [5.41, 5.74) is 0.865. The maximum Gasteiger partial charge on any atom is 0.147 e. The van der Waals surface area contributed by atoms with E-state index in [1.165, 1.54) is 38.5 Å². The summed E-state index contributed by atoms with van der Waals surface area (Å²) in [5, 5.41) is 0. The van der Waals surface area contributed by atoms with Gasteiger partial charge in [0, 0.05) is 7.11 Å². The van der Waals surface area contributed by atoms with Crippen molar-refractivity contribution in [3.8, 4) is 0 Å². The highest BCUT2D eigenvalue weighted by Crippen LogP contribution is 2.26. The maximum atomic E-state index is 5.75. The molecule has 0 amide bonds. The van der Waals surface area contributed by atoms with Gasteiger partial charge in [0.05, 0.1) is 5.60 Å². The summed E-state index contributed by atoms with van der Waals surface area (Å²) in [6, 6.07) is 0. The smallest absolute Gasteiger partial charge is 0.147 e. The van der Waals surface area contributed by atoms with E-state index >= 15 is 0 Å². The van der Waals surface area contributed by atoms with Crippen LogP contribution in [0.1, 0.15) is 65.7 Å². The van der Waals surface area contributed by atoms with Gasteiger partial charge >= 0.3 is 0 Å². The minimum absolute atomic E-state index is 0.221. The van der Waals surface area contributed by atoms with Crippen LogP contribution in [0.5, 0.6) is 0 Å². The van der Waals surface area contributed by atoms with Crippen LogP contribution in [0.15, 0.2) is 12.2 Å². The summed E-state index contributed by atoms with van der Waals surface area (Å²) in [6.07, 6.45) is 8.90. The average Bonchev–Trinajstić information content (AvgIpc) is 2.31. The second-order valence-corrected chi connectivity index (χ2v) is 5.08. The topological polar surface area (TPSA) is 18.5 Å². The fourth-order valence-electron chi connectivity index (χ4n) is 1.84. The molecule has 0 aliphatic rings. The predicted molar refractivity (Wildman–Crippen MR) is 74.2 cm³/mol. The zero-order chi connectivity index (χ0) is 13.1. The van der Waals surface area contributed by atoms with E-state index in [9.17, 15) is 0 Å². The third-order valence-corrected chi connectivity index (χ3v) is 3.41. The number of hydrogen-bond donors (Lipinski definition) is 0. The van der Waals surface area contributed by atoms with Gasteiger partial charge in [-0.25, -0.2) is 0 Å². The van der Waals surface area contributed by atoms with Crippen LogP contribution in [-0.2, 0) is 9.47 Å². The number of hydrogen-bond acceptors (Lipinski definition) is 2. The van der Waals surface area contributed by atoms with E-state index in [4.69, 9.17) is 9.47 Å². The van der Waals surface area contributed by atoms with Gasteiger partial charge in [-0.05, 0) is 25.8 Å². The molecule has 0 aromatic carbocycles. The third kappa shape index (κ3) is 7.56. The Morgan fingerprint density at radius 1 is 1.12 bits per heavy atom. The van der Waals surface area contributed by atoms with Crippen molar-refractivity contribution in [1.29, 1.82) is 0 Å². The van der Waals surface area contributed by atoms with Gasteiger partial charge in [-0.1, -0.05) is 52.0 Å². The van der Waals surface area contributed by atoms with Crippen LogP contribution < -0.4 is 0 Å². The minimum atomic E-state index is -0.221. The highest BCUT2D eigenvalue weighted by atomic mass is 16.7. The third-order valence-electron chi connectivity index (χ3n) is 3.41. The molecule has 1 atom stereocenters. The Bertz CT molecular complexity index is 201. The first-order valence-corrected chi connectivity index (χ1v) is 6.85. The van der Waals surface area contributed by atoms with Gasteiger partial charge < -0.3 is 9.47 Å². The van der Waals surface area contributed by atoms with E-state index < -0.39 is 0 Å². The van der Waals surface area contributed by atoms with Crippen LogP contribution in [0.25, 0.3) is 0 Å².